The Bertz CT molecular complexity index is 695. The Morgan fingerprint density at radius 1 is 0.909 bits per heavy atom. The van der Waals surface area contributed by atoms with Gasteiger partial charge in [-0.1, -0.05) is 48.5 Å². The lowest BCUT2D eigenvalue weighted by Crippen LogP contribution is -2.21. The standard InChI is InChI=1S/C13H10.C7H10O2/c1-3-7-12-10(5-1)9-11-6-2-4-8-13(11)12;1-7(9)4-2-6(8)3-5-7/h1-8H,9H2;2-4,8-9H,5H2,1H3. The van der Waals surface area contributed by atoms with Crippen LogP contribution in [0.1, 0.15) is 24.5 Å². The lowest BCUT2D eigenvalue weighted by atomic mass is 9.97. The first-order chi connectivity index (χ1) is 10.6. The van der Waals surface area contributed by atoms with Crippen molar-refractivity contribution in [2.45, 2.75) is 25.4 Å². The van der Waals surface area contributed by atoms with Crippen molar-refractivity contribution in [1.29, 1.82) is 0 Å². The van der Waals surface area contributed by atoms with Gasteiger partial charge in [0.2, 0.25) is 0 Å². The van der Waals surface area contributed by atoms with Gasteiger partial charge in [0.25, 0.3) is 0 Å². The van der Waals surface area contributed by atoms with Crippen LogP contribution in [0.3, 0.4) is 0 Å². The first-order valence-electron chi connectivity index (χ1n) is 7.52. The van der Waals surface area contributed by atoms with Gasteiger partial charge >= 0.3 is 0 Å². The van der Waals surface area contributed by atoms with E-state index >= 15 is 0 Å². The number of rotatable bonds is 0. The SMILES string of the molecule is CC1(O)C=CC(O)=CC1.c1ccc2c(c1)Cc1ccccc1-2. The van der Waals surface area contributed by atoms with Crippen LogP contribution in [0.4, 0.5) is 0 Å². The minimum atomic E-state index is -0.758. The van der Waals surface area contributed by atoms with E-state index in [1.165, 1.54) is 28.3 Å². The number of benzene rings is 2. The Morgan fingerprint density at radius 2 is 1.45 bits per heavy atom. The molecule has 0 fully saturated rings. The van der Waals surface area contributed by atoms with E-state index in [0.717, 1.165) is 6.42 Å². The van der Waals surface area contributed by atoms with Gasteiger partial charge < -0.3 is 10.2 Å². The molecule has 2 heteroatoms. The molecule has 0 amide bonds. The Kier molecular flexibility index (Phi) is 3.86. The van der Waals surface area contributed by atoms with Gasteiger partial charge in [0.1, 0.15) is 5.76 Å². The maximum atomic E-state index is 9.25. The maximum absolute atomic E-state index is 9.25. The second-order valence-corrected chi connectivity index (χ2v) is 6.01. The summed E-state index contributed by atoms with van der Waals surface area (Å²) in [7, 11) is 0. The van der Waals surface area contributed by atoms with Crippen molar-refractivity contribution < 1.29 is 10.2 Å². The molecule has 2 aromatic rings. The van der Waals surface area contributed by atoms with Crippen LogP contribution in [0.15, 0.2) is 72.5 Å². The molecule has 112 valence electrons. The van der Waals surface area contributed by atoms with Crippen molar-refractivity contribution in [3.63, 3.8) is 0 Å². The van der Waals surface area contributed by atoms with Gasteiger partial charge in [-0.3, -0.25) is 0 Å². The summed E-state index contributed by atoms with van der Waals surface area (Å²) in [6.45, 7) is 1.70. The molecular formula is C20H20O2. The maximum Gasteiger partial charge on any atom is 0.111 e. The molecule has 1 unspecified atom stereocenters. The molecule has 2 aliphatic carbocycles. The molecule has 2 aromatic carbocycles. The van der Waals surface area contributed by atoms with E-state index in [0.29, 0.717) is 6.42 Å². The molecular weight excluding hydrogens is 272 g/mol. The topological polar surface area (TPSA) is 40.5 Å². The van der Waals surface area contributed by atoms with E-state index in [-0.39, 0.29) is 5.76 Å². The molecule has 2 N–H and O–H groups in total. The molecule has 0 saturated carbocycles. The predicted octanol–water partition coefficient (Wildman–Crippen LogP) is 4.40. The van der Waals surface area contributed by atoms with Gasteiger partial charge in [-0.05, 0) is 53.8 Å². The largest absolute Gasteiger partial charge is 0.508 e. The number of fused-ring (bicyclic) bond motifs is 3. The van der Waals surface area contributed by atoms with Crippen LogP contribution in [0.5, 0.6) is 0 Å². The zero-order valence-corrected chi connectivity index (χ0v) is 12.7. The Morgan fingerprint density at radius 3 is 1.91 bits per heavy atom. The van der Waals surface area contributed by atoms with Crippen LogP contribution in [-0.2, 0) is 6.42 Å². The minimum absolute atomic E-state index is 0.238. The fourth-order valence-corrected chi connectivity index (χ4v) is 2.79. The fraction of sp³-hybridized carbons (Fsp3) is 0.200. The Hall–Kier alpha value is -2.32. The number of aliphatic hydroxyl groups excluding tert-OH is 1. The van der Waals surface area contributed by atoms with Gasteiger partial charge in [0.15, 0.2) is 0 Å². The van der Waals surface area contributed by atoms with Gasteiger partial charge in [0, 0.05) is 6.42 Å². The molecule has 0 aliphatic heterocycles. The second kappa shape index (κ2) is 5.82. The highest BCUT2D eigenvalue weighted by molar-refractivity contribution is 5.76. The minimum Gasteiger partial charge on any atom is -0.508 e. The van der Waals surface area contributed by atoms with E-state index in [4.69, 9.17) is 5.11 Å². The zero-order valence-electron chi connectivity index (χ0n) is 12.7. The highest BCUT2D eigenvalue weighted by atomic mass is 16.3. The summed E-state index contributed by atoms with van der Waals surface area (Å²) in [5.74, 6) is 0.238. The van der Waals surface area contributed by atoms with Gasteiger partial charge in [-0.15, -0.1) is 0 Å². The average molecular weight is 292 g/mol. The van der Waals surface area contributed by atoms with Crippen LogP contribution in [0.2, 0.25) is 0 Å². The molecule has 22 heavy (non-hydrogen) atoms. The van der Waals surface area contributed by atoms with Crippen LogP contribution >= 0.6 is 0 Å². The van der Waals surface area contributed by atoms with Crippen LogP contribution in [0.25, 0.3) is 11.1 Å². The van der Waals surface area contributed by atoms with E-state index < -0.39 is 5.60 Å². The highest BCUT2D eigenvalue weighted by Crippen LogP contribution is 2.35. The monoisotopic (exact) mass is 292 g/mol. The summed E-state index contributed by atoms with van der Waals surface area (Å²) in [4.78, 5) is 0. The molecule has 1 atom stereocenters. The highest BCUT2D eigenvalue weighted by Gasteiger charge is 2.17. The normalized spacial score (nSPS) is 21.3. The van der Waals surface area contributed by atoms with E-state index in [2.05, 4.69) is 48.5 Å². The van der Waals surface area contributed by atoms with Crippen molar-refractivity contribution in [2.75, 3.05) is 0 Å². The zero-order chi connectivity index (χ0) is 15.6. The first-order valence-corrected chi connectivity index (χ1v) is 7.52. The molecule has 0 spiro atoms. The Labute approximate surface area is 131 Å². The summed E-state index contributed by atoms with van der Waals surface area (Å²) >= 11 is 0. The van der Waals surface area contributed by atoms with Crippen molar-refractivity contribution in [1.82, 2.24) is 0 Å². The predicted molar refractivity (Wildman–Crippen MR) is 89.8 cm³/mol. The molecule has 2 nitrogen and oxygen atoms in total. The lowest BCUT2D eigenvalue weighted by molar-refractivity contribution is 0.111. The second-order valence-electron chi connectivity index (χ2n) is 6.01. The number of aliphatic hydroxyl groups is 2. The summed E-state index contributed by atoms with van der Waals surface area (Å²) in [6, 6.07) is 17.3. The lowest BCUT2D eigenvalue weighted by Gasteiger charge is -2.19. The van der Waals surface area contributed by atoms with Crippen LogP contribution < -0.4 is 0 Å². The van der Waals surface area contributed by atoms with E-state index in [1.54, 1.807) is 19.1 Å². The van der Waals surface area contributed by atoms with E-state index in [1.807, 2.05) is 0 Å². The third-order valence-corrected chi connectivity index (χ3v) is 4.04. The van der Waals surface area contributed by atoms with Gasteiger partial charge in [-0.25, -0.2) is 0 Å². The summed E-state index contributed by atoms with van der Waals surface area (Å²) in [5.41, 5.74) is 5.00. The number of allylic oxidation sites excluding steroid dienone is 1. The quantitative estimate of drug-likeness (QED) is 0.645. The van der Waals surface area contributed by atoms with Crippen LogP contribution in [0, 0.1) is 0 Å². The van der Waals surface area contributed by atoms with Gasteiger partial charge in [0.05, 0.1) is 5.60 Å². The molecule has 4 rings (SSSR count). The first kappa shape index (κ1) is 14.6. The molecule has 2 aliphatic rings. The fourth-order valence-electron chi connectivity index (χ4n) is 2.79. The summed E-state index contributed by atoms with van der Waals surface area (Å²) in [6.07, 6.45) is 6.29. The summed E-state index contributed by atoms with van der Waals surface area (Å²) in [5, 5.41) is 18.1. The average Bonchev–Trinajstić information content (AvgIpc) is 2.90. The molecule has 0 aromatic heterocycles. The van der Waals surface area contributed by atoms with Crippen molar-refractivity contribution >= 4 is 0 Å². The van der Waals surface area contributed by atoms with Crippen molar-refractivity contribution in [3.05, 3.63) is 83.6 Å². The number of hydrogen-bond donors (Lipinski definition) is 2. The smallest absolute Gasteiger partial charge is 0.111 e. The molecule has 0 radical (unpaired) electrons. The van der Waals surface area contributed by atoms with E-state index in [9.17, 15) is 5.11 Å². The van der Waals surface area contributed by atoms with Crippen molar-refractivity contribution in [3.8, 4) is 11.1 Å². The third-order valence-electron chi connectivity index (χ3n) is 4.04. The van der Waals surface area contributed by atoms with Crippen molar-refractivity contribution in [2.24, 2.45) is 0 Å². The molecule has 0 bridgehead atoms. The van der Waals surface area contributed by atoms with Crippen LogP contribution in [-0.4, -0.2) is 15.8 Å². The Balaban J connectivity index is 0.000000142. The third kappa shape index (κ3) is 3.12. The summed E-state index contributed by atoms with van der Waals surface area (Å²) < 4.78 is 0. The van der Waals surface area contributed by atoms with Gasteiger partial charge in [-0.2, -0.15) is 0 Å². The molecule has 0 heterocycles. The number of hydrogen-bond acceptors (Lipinski definition) is 2. The molecule has 0 saturated heterocycles.